The van der Waals surface area contributed by atoms with E-state index in [1.54, 1.807) is 47.7 Å². The quantitative estimate of drug-likeness (QED) is 0.100. The number of carbonyl (C=O) groups excluding carboxylic acids is 3. The van der Waals surface area contributed by atoms with E-state index >= 15 is 0 Å². The van der Waals surface area contributed by atoms with E-state index in [-0.39, 0.29) is 24.8 Å². The highest BCUT2D eigenvalue weighted by Gasteiger charge is 2.27. The molecule has 3 amide bonds. The lowest BCUT2D eigenvalue weighted by molar-refractivity contribution is -0.120. The van der Waals surface area contributed by atoms with Crippen LogP contribution in [0.1, 0.15) is 75.1 Å². The van der Waals surface area contributed by atoms with Crippen LogP contribution >= 0.6 is 0 Å². The largest absolute Gasteiger partial charge is 0.504 e. The topological polar surface area (TPSA) is 242 Å². The molecule has 0 saturated carbocycles. The molecule has 0 atom stereocenters. The smallest absolute Gasteiger partial charge is 0.248 e. The van der Waals surface area contributed by atoms with Gasteiger partial charge in [0.05, 0.1) is 22.8 Å². The predicted octanol–water partition coefficient (Wildman–Crippen LogP) is 5.30. The fourth-order valence-electron chi connectivity index (χ4n) is 7.18. The van der Waals surface area contributed by atoms with E-state index < -0.39 is 11.8 Å². The molecule has 9 N–H and O–H groups in total. The second kappa shape index (κ2) is 17.6. The molecule has 2 aliphatic heterocycles. The number of amides is 3. The summed E-state index contributed by atoms with van der Waals surface area (Å²) in [6.07, 6.45) is 2.16. The van der Waals surface area contributed by atoms with E-state index in [1.165, 1.54) is 0 Å². The summed E-state index contributed by atoms with van der Waals surface area (Å²) in [5.74, 6) is -0.821. The molecule has 4 heterocycles. The van der Waals surface area contributed by atoms with Crippen LogP contribution < -0.4 is 22.5 Å². The van der Waals surface area contributed by atoms with Crippen LogP contribution in [-0.2, 0) is 44.7 Å². The standard InChI is InChI=1S/C24H25N5O3.C20H19N5O2.CH4/c1-3-26-20(30)11-6-14-4-7-15(8-5-14)21-23(31)22(29(2)28-21)19-12-16-9-10-17(24(25)32)13-18(16)27-19;1-25-18(16-8-13-6-7-14(20(22)27)9-15(13)23-16)19(26)17(24-25)12-4-2-11(10-21)3-5-12;/h4-5,7-10,13,31H,3,6,11-12H2,1-2H3,(H2,25,32)(H,26,30);2-7,9,26H,8,10,21H2,1H3,(H2,22,27);1H4. The number of aliphatic imine (C=N–C) groups is 2. The van der Waals surface area contributed by atoms with Crippen molar-refractivity contribution in [3.05, 3.63) is 130 Å². The molecule has 0 aliphatic carbocycles. The summed E-state index contributed by atoms with van der Waals surface area (Å²) in [4.78, 5) is 43.7. The van der Waals surface area contributed by atoms with Gasteiger partial charge in [0.25, 0.3) is 0 Å². The first kappa shape index (κ1) is 42.2. The number of rotatable bonds is 11. The van der Waals surface area contributed by atoms with E-state index in [1.807, 2.05) is 67.6 Å². The number of nitrogens with one attached hydrogen (secondary N) is 1. The van der Waals surface area contributed by atoms with Gasteiger partial charge in [0.2, 0.25) is 17.7 Å². The lowest BCUT2D eigenvalue weighted by Gasteiger charge is -2.04. The number of hydrogen-bond acceptors (Lipinski definition) is 10. The van der Waals surface area contributed by atoms with E-state index in [0.717, 1.165) is 33.4 Å². The maximum Gasteiger partial charge on any atom is 0.248 e. The Hall–Kier alpha value is -7.39. The van der Waals surface area contributed by atoms with Crippen molar-refractivity contribution in [2.24, 2.45) is 41.3 Å². The normalized spacial score (nSPS) is 12.3. The van der Waals surface area contributed by atoms with Crippen LogP contribution in [0.5, 0.6) is 11.5 Å². The summed E-state index contributed by atoms with van der Waals surface area (Å²) >= 11 is 0. The first-order valence-electron chi connectivity index (χ1n) is 19.0. The minimum atomic E-state index is -0.503. The Morgan fingerprint density at radius 2 is 1.12 bits per heavy atom. The van der Waals surface area contributed by atoms with Crippen LogP contribution in [0.15, 0.2) is 94.9 Å². The average molecular weight is 809 g/mol. The summed E-state index contributed by atoms with van der Waals surface area (Å²) < 4.78 is 3.24. The fraction of sp³-hybridized carbons (Fsp3) is 0.222. The zero-order chi connectivity index (χ0) is 42.0. The SMILES string of the molecule is C.CCNC(=O)CCc1ccc(-c2nn(C)c(C3=Nc4cc(C(N)=O)ccc4C3)c2O)cc1.Cn1nc(-c2ccc(CN)cc2)c(O)c1C1=Nc2cc(C(N)=O)ccc2C1. The third-order valence-electron chi connectivity index (χ3n) is 10.3. The third-order valence-corrected chi connectivity index (χ3v) is 10.3. The number of primary amides is 2. The first-order chi connectivity index (χ1) is 28.3. The van der Waals surface area contributed by atoms with Crippen LogP contribution in [0, 0.1) is 0 Å². The number of fused-ring (bicyclic) bond motifs is 2. The van der Waals surface area contributed by atoms with Gasteiger partial charge in [-0.2, -0.15) is 10.2 Å². The third kappa shape index (κ3) is 8.56. The van der Waals surface area contributed by atoms with Gasteiger partial charge in [0.15, 0.2) is 11.5 Å². The number of carbonyl (C=O) groups is 3. The van der Waals surface area contributed by atoms with Gasteiger partial charge < -0.3 is 32.7 Å². The van der Waals surface area contributed by atoms with Crippen molar-refractivity contribution in [3.8, 4) is 34.0 Å². The molecule has 8 rings (SSSR count). The molecule has 0 unspecified atom stereocenters. The number of aryl methyl sites for hydroxylation is 3. The van der Waals surface area contributed by atoms with Gasteiger partial charge in [0, 0.05) is 68.7 Å². The van der Waals surface area contributed by atoms with Crippen LogP contribution in [0.2, 0.25) is 0 Å². The molecule has 308 valence electrons. The van der Waals surface area contributed by atoms with E-state index in [0.29, 0.717) is 95.5 Å². The van der Waals surface area contributed by atoms with Crippen molar-refractivity contribution in [1.29, 1.82) is 0 Å². The summed E-state index contributed by atoms with van der Waals surface area (Å²) in [5.41, 5.74) is 27.5. The molecule has 0 saturated heterocycles. The van der Waals surface area contributed by atoms with Crippen molar-refractivity contribution < 1.29 is 24.6 Å². The van der Waals surface area contributed by atoms with Crippen molar-refractivity contribution >= 4 is 40.5 Å². The Balaban J connectivity index is 0.000000200. The summed E-state index contributed by atoms with van der Waals surface area (Å²) in [6.45, 7) is 2.98. The Bertz CT molecular complexity index is 2670. The second-order valence-corrected chi connectivity index (χ2v) is 14.3. The second-order valence-electron chi connectivity index (χ2n) is 14.3. The average Bonchev–Trinajstić information content (AvgIpc) is 3.99. The number of aromatic hydroxyl groups is 2. The maximum atomic E-state index is 11.7. The maximum absolute atomic E-state index is 11.7. The zero-order valence-electron chi connectivity index (χ0n) is 32.9. The lowest BCUT2D eigenvalue weighted by atomic mass is 10.0. The Labute approximate surface area is 347 Å². The molecule has 0 spiro atoms. The molecule has 0 radical (unpaired) electrons. The van der Waals surface area contributed by atoms with E-state index in [4.69, 9.17) is 17.2 Å². The van der Waals surface area contributed by atoms with Crippen LogP contribution in [0.25, 0.3) is 22.5 Å². The Kier molecular flexibility index (Phi) is 12.4. The molecule has 0 bridgehead atoms. The molecule has 15 heteroatoms. The van der Waals surface area contributed by atoms with Crippen molar-refractivity contribution in [3.63, 3.8) is 0 Å². The van der Waals surface area contributed by atoms with Gasteiger partial charge in [-0.25, -0.2) is 0 Å². The molecule has 15 nitrogen and oxygen atoms in total. The molecule has 0 fully saturated rings. The highest BCUT2D eigenvalue weighted by Crippen LogP contribution is 2.38. The van der Waals surface area contributed by atoms with Crippen molar-refractivity contribution in [2.75, 3.05) is 6.54 Å². The van der Waals surface area contributed by atoms with Gasteiger partial charge in [-0.3, -0.25) is 33.7 Å². The Morgan fingerprint density at radius 3 is 1.52 bits per heavy atom. The van der Waals surface area contributed by atoms with Crippen molar-refractivity contribution in [2.45, 2.75) is 46.6 Å². The number of aromatic nitrogens is 4. The molecular weight excluding hydrogens is 761 g/mol. The lowest BCUT2D eigenvalue weighted by Crippen LogP contribution is -2.22. The Morgan fingerprint density at radius 1 is 0.683 bits per heavy atom. The number of nitrogens with zero attached hydrogens (tertiary/aromatic N) is 6. The first-order valence-corrected chi connectivity index (χ1v) is 19.0. The molecule has 2 aromatic heterocycles. The van der Waals surface area contributed by atoms with Crippen LogP contribution in [-0.4, -0.2) is 65.5 Å². The van der Waals surface area contributed by atoms with E-state index in [2.05, 4.69) is 25.5 Å². The highest BCUT2D eigenvalue weighted by molar-refractivity contribution is 6.10. The van der Waals surface area contributed by atoms with Crippen LogP contribution in [0.3, 0.4) is 0 Å². The zero-order valence-corrected chi connectivity index (χ0v) is 32.9. The van der Waals surface area contributed by atoms with Gasteiger partial charge in [-0.15, -0.1) is 0 Å². The summed E-state index contributed by atoms with van der Waals surface area (Å²) in [7, 11) is 3.53. The van der Waals surface area contributed by atoms with Crippen molar-refractivity contribution in [1.82, 2.24) is 24.9 Å². The van der Waals surface area contributed by atoms with Gasteiger partial charge in [-0.05, 0) is 59.9 Å². The molecule has 4 aromatic carbocycles. The molecular formula is C45H48N10O5. The van der Waals surface area contributed by atoms with E-state index in [9.17, 15) is 24.6 Å². The monoisotopic (exact) mass is 808 g/mol. The van der Waals surface area contributed by atoms with Crippen LogP contribution in [0.4, 0.5) is 11.4 Å². The number of nitrogens with two attached hydrogens (primary N) is 3. The minimum absolute atomic E-state index is 0. The summed E-state index contributed by atoms with van der Waals surface area (Å²) in [6, 6.07) is 25.6. The van der Waals surface area contributed by atoms with Gasteiger partial charge >= 0.3 is 0 Å². The van der Waals surface area contributed by atoms with Gasteiger partial charge in [0.1, 0.15) is 22.8 Å². The molecule has 60 heavy (non-hydrogen) atoms. The predicted molar refractivity (Wildman–Crippen MR) is 232 cm³/mol. The summed E-state index contributed by atoms with van der Waals surface area (Å²) in [5, 5.41) is 33.5. The van der Waals surface area contributed by atoms with Gasteiger partial charge in [-0.1, -0.05) is 68.1 Å². The minimum Gasteiger partial charge on any atom is -0.504 e. The molecule has 2 aliphatic rings. The fourth-order valence-corrected chi connectivity index (χ4v) is 7.18. The molecule has 6 aromatic rings. The number of hydrogen-bond donors (Lipinski definition) is 6. The number of benzene rings is 4. The highest BCUT2D eigenvalue weighted by atomic mass is 16.3.